The normalized spacial score (nSPS) is 16.3. The lowest BCUT2D eigenvalue weighted by molar-refractivity contribution is -0.123. The Labute approximate surface area is 204 Å². The molecule has 2 atom stereocenters. The van der Waals surface area contributed by atoms with Crippen LogP contribution in [0.4, 0.5) is 14.5 Å². The molecule has 3 aromatic carbocycles. The van der Waals surface area contributed by atoms with Crippen molar-refractivity contribution >= 4 is 11.6 Å². The number of ether oxygens (including phenoxy) is 2. The first-order valence-electron chi connectivity index (χ1n) is 11.8. The molecule has 1 heterocycles. The van der Waals surface area contributed by atoms with Gasteiger partial charge >= 0.3 is 0 Å². The minimum absolute atomic E-state index is 0.0703. The number of halogens is 2. The van der Waals surface area contributed by atoms with Crippen LogP contribution in [0.15, 0.2) is 72.8 Å². The van der Waals surface area contributed by atoms with E-state index in [9.17, 15) is 13.6 Å². The van der Waals surface area contributed by atoms with Crippen LogP contribution in [0.25, 0.3) is 0 Å². The fourth-order valence-corrected chi connectivity index (χ4v) is 4.22. The van der Waals surface area contributed by atoms with Crippen LogP contribution in [0.3, 0.4) is 0 Å². The van der Waals surface area contributed by atoms with Gasteiger partial charge in [0.05, 0.1) is 6.10 Å². The average Bonchev–Trinajstić information content (AvgIpc) is 3.35. The van der Waals surface area contributed by atoms with Crippen LogP contribution in [0, 0.1) is 18.6 Å². The van der Waals surface area contributed by atoms with Crippen molar-refractivity contribution in [3.05, 3.63) is 95.6 Å². The van der Waals surface area contributed by atoms with Crippen LogP contribution >= 0.6 is 0 Å². The summed E-state index contributed by atoms with van der Waals surface area (Å²) in [7, 11) is 0. The SMILES string of the molecule is Cc1cccc(CN(C[C@H]2CCCO2)C[C@H](Oc2ccc(F)c(F)c2)C(=O)Nc2ccccc2)c1. The number of anilines is 1. The number of carbonyl (C=O) groups excluding carboxylic acids is 1. The first-order chi connectivity index (χ1) is 17.0. The quantitative estimate of drug-likeness (QED) is 0.426. The van der Waals surface area contributed by atoms with E-state index in [1.165, 1.54) is 6.07 Å². The Balaban J connectivity index is 1.56. The Hall–Kier alpha value is -3.29. The molecular weight excluding hydrogens is 450 g/mol. The van der Waals surface area contributed by atoms with Gasteiger partial charge in [0.2, 0.25) is 0 Å². The standard InChI is InChI=1S/C28H30F2N2O3/c1-20-7-5-8-21(15-20)17-32(18-24-11-6-14-34-24)19-27(28(33)31-22-9-3-2-4-10-22)35-23-12-13-25(29)26(30)16-23/h2-5,7-10,12-13,15-16,24,27H,6,11,14,17-19H2,1H3,(H,31,33)/t24-,27+/m1/s1. The Morgan fingerprint density at radius 3 is 2.63 bits per heavy atom. The number of aryl methyl sites for hydroxylation is 1. The summed E-state index contributed by atoms with van der Waals surface area (Å²) in [5.74, 6) is -2.28. The monoisotopic (exact) mass is 480 g/mol. The molecule has 0 spiro atoms. The third kappa shape index (κ3) is 7.34. The van der Waals surface area contributed by atoms with Crippen molar-refractivity contribution in [3.63, 3.8) is 0 Å². The molecule has 0 saturated carbocycles. The maximum Gasteiger partial charge on any atom is 0.266 e. The molecule has 5 nitrogen and oxygen atoms in total. The van der Waals surface area contributed by atoms with Gasteiger partial charge < -0.3 is 14.8 Å². The van der Waals surface area contributed by atoms with Crippen LogP contribution in [-0.2, 0) is 16.1 Å². The summed E-state index contributed by atoms with van der Waals surface area (Å²) in [6.45, 7) is 4.23. The summed E-state index contributed by atoms with van der Waals surface area (Å²) in [4.78, 5) is 15.4. The zero-order chi connectivity index (χ0) is 24.6. The second-order valence-corrected chi connectivity index (χ2v) is 8.86. The first-order valence-corrected chi connectivity index (χ1v) is 11.8. The molecule has 0 aromatic heterocycles. The molecule has 1 fully saturated rings. The number of hydrogen-bond acceptors (Lipinski definition) is 4. The molecule has 184 valence electrons. The third-order valence-corrected chi connectivity index (χ3v) is 5.90. The molecule has 0 bridgehead atoms. The van der Waals surface area contributed by atoms with Gasteiger partial charge in [-0.1, -0.05) is 48.0 Å². The van der Waals surface area contributed by atoms with E-state index in [1.807, 2.05) is 43.3 Å². The molecule has 0 aliphatic carbocycles. The fraction of sp³-hybridized carbons (Fsp3) is 0.321. The molecule has 4 rings (SSSR count). The van der Waals surface area contributed by atoms with Gasteiger partial charge in [-0.25, -0.2) is 8.78 Å². The van der Waals surface area contributed by atoms with Crippen molar-refractivity contribution < 1.29 is 23.0 Å². The predicted octanol–water partition coefficient (Wildman–Crippen LogP) is 5.34. The number of carbonyl (C=O) groups is 1. The average molecular weight is 481 g/mol. The van der Waals surface area contributed by atoms with Gasteiger partial charge in [-0.3, -0.25) is 9.69 Å². The molecule has 1 amide bonds. The Morgan fingerprint density at radius 1 is 1.09 bits per heavy atom. The molecule has 1 aliphatic heterocycles. The van der Waals surface area contributed by atoms with Crippen molar-refractivity contribution in [2.24, 2.45) is 0 Å². The number of benzene rings is 3. The van der Waals surface area contributed by atoms with Crippen molar-refractivity contribution in [3.8, 4) is 5.75 Å². The van der Waals surface area contributed by atoms with E-state index in [-0.39, 0.29) is 24.3 Å². The summed E-state index contributed by atoms with van der Waals surface area (Å²) in [6.07, 6.45) is 1.06. The van der Waals surface area contributed by atoms with Gasteiger partial charge in [0.15, 0.2) is 17.7 Å². The highest BCUT2D eigenvalue weighted by atomic mass is 19.2. The van der Waals surface area contributed by atoms with Gasteiger partial charge in [-0.2, -0.15) is 0 Å². The molecule has 7 heteroatoms. The van der Waals surface area contributed by atoms with Crippen LogP contribution in [0.5, 0.6) is 5.75 Å². The van der Waals surface area contributed by atoms with Crippen LogP contribution in [-0.4, -0.2) is 42.7 Å². The summed E-state index contributed by atoms with van der Waals surface area (Å²) in [6, 6.07) is 20.5. The van der Waals surface area contributed by atoms with Gasteiger partial charge in [0.25, 0.3) is 5.91 Å². The highest BCUT2D eigenvalue weighted by molar-refractivity contribution is 5.94. The Bertz CT molecular complexity index is 1120. The summed E-state index contributed by atoms with van der Waals surface area (Å²) in [5.41, 5.74) is 2.88. The molecule has 35 heavy (non-hydrogen) atoms. The number of amides is 1. The number of nitrogens with zero attached hydrogens (tertiary/aromatic N) is 1. The Morgan fingerprint density at radius 2 is 1.91 bits per heavy atom. The fourth-order valence-electron chi connectivity index (χ4n) is 4.22. The molecule has 0 radical (unpaired) electrons. The van der Waals surface area contributed by atoms with E-state index < -0.39 is 17.7 Å². The summed E-state index contributed by atoms with van der Waals surface area (Å²) < 4.78 is 39.1. The molecule has 1 saturated heterocycles. The highest BCUT2D eigenvalue weighted by Gasteiger charge is 2.27. The second kappa shape index (κ2) is 11.9. The molecule has 0 unspecified atom stereocenters. The lowest BCUT2D eigenvalue weighted by Gasteiger charge is -2.29. The highest BCUT2D eigenvalue weighted by Crippen LogP contribution is 2.20. The lowest BCUT2D eigenvalue weighted by Crippen LogP contribution is -2.45. The molecule has 3 aromatic rings. The molecular formula is C28H30F2N2O3. The largest absolute Gasteiger partial charge is 0.479 e. The van der Waals surface area contributed by atoms with E-state index in [1.54, 1.807) is 12.1 Å². The van der Waals surface area contributed by atoms with Gasteiger partial charge in [-0.05, 0) is 49.6 Å². The Kier molecular flexibility index (Phi) is 8.45. The zero-order valence-electron chi connectivity index (χ0n) is 19.8. The van der Waals surface area contributed by atoms with Crippen LogP contribution in [0.1, 0.15) is 24.0 Å². The molecule has 1 aliphatic rings. The van der Waals surface area contributed by atoms with E-state index in [0.29, 0.717) is 18.8 Å². The van der Waals surface area contributed by atoms with E-state index in [2.05, 4.69) is 16.3 Å². The van der Waals surface area contributed by atoms with E-state index in [4.69, 9.17) is 9.47 Å². The van der Waals surface area contributed by atoms with E-state index >= 15 is 0 Å². The summed E-state index contributed by atoms with van der Waals surface area (Å²) >= 11 is 0. The van der Waals surface area contributed by atoms with Crippen molar-refractivity contribution in [2.45, 2.75) is 38.5 Å². The van der Waals surface area contributed by atoms with Crippen molar-refractivity contribution in [1.82, 2.24) is 4.90 Å². The first kappa shape index (κ1) is 24.8. The van der Waals surface area contributed by atoms with Crippen molar-refractivity contribution in [2.75, 3.05) is 25.0 Å². The molecule has 1 N–H and O–H groups in total. The minimum atomic E-state index is -1.03. The van der Waals surface area contributed by atoms with Gasteiger partial charge in [0, 0.05) is 38.0 Å². The maximum absolute atomic E-state index is 13.9. The van der Waals surface area contributed by atoms with E-state index in [0.717, 1.165) is 42.7 Å². The number of para-hydroxylation sites is 1. The van der Waals surface area contributed by atoms with Crippen LogP contribution < -0.4 is 10.1 Å². The maximum atomic E-state index is 13.9. The number of nitrogens with one attached hydrogen (secondary N) is 1. The van der Waals surface area contributed by atoms with Crippen LogP contribution in [0.2, 0.25) is 0 Å². The lowest BCUT2D eigenvalue weighted by atomic mass is 10.1. The topological polar surface area (TPSA) is 50.8 Å². The minimum Gasteiger partial charge on any atom is -0.479 e. The zero-order valence-corrected chi connectivity index (χ0v) is 19.8. The number of rotatable bonds is 10. The third-order valence-electron chi connectivity index (χ3n) is 5.90. The van der Waals surface area contributed by atoms with Gasteiger partial charge in [-0.15, -0.1) is 0 Å². The smallest absolute Gasteiger partial charge is 0.266 e. The summed E-state index contributed by atoms with van der Waals surface area (Å²) in [5, 5.41) is 2.87. The van der Waals surface area contributed by atoms with Gasteiger partial charge in [0.1, 0.15) is 5.75 Å². The predicted molar refractivity (Wildman–Crippen MR) is 131 cm³/mol. The number of hydrogen-bond donors (Lipinski definition) is 1. The second-order valence-electron chi connectivity index (χ2n) is 8.86. The van der Waals surface area contributed by atoms with Crippen molar-refractivity contribution in [1.29, 1.82) is 0 Å².